The molecule has 1 aliphatic rings. The minimum atomic E-state index is -6.02. The van der Waals surface area contributed by atoms with E-state index in [4.69, 9.17) is 0 Å². The minimum absolute atomic E-state index is 0.00783. The summed E-state index contributed by atoms with van der Waals surface area (Å²) in [5.74, 6) is -0.679. The lowest BCUT2D eigenvalue weighted by molar-refractivity contribution is -0.0435. The monoisotopic (exact) mass is 671 g/mol. The van der Waals surface area contributed by atoms with Gasteiger partial charge in [0.15, 0.2) is 0 Å². The minimum Gasteiger partial charge on any atom is -0.395 e. The smallest absolute Gasteiger partial charge is 0.395 e. The Morgan fingerprint density at radius 2 is 1.66 bits per heavy atom. The predicted octanol–water partition coefficient (Wildman–Crippen LogP) is 4.52. The van der Waals surface area contributed by atoms with Crippen LogP contribution >= 0.6 is 11.8 Å². The van der Waals surface area contributed by atoms with E-state index in [-0.39, 0.29) is 18.2 Å². The number of aliphatic hydroxyl groups excluding tert-OH is 1. The third kappa shape index (κ3) is 8.33. The Morgan fingerprint density at radius 1 is 1.00 bits per heavy atom. The van der Waals surface area contributed by atoms with E-state index in [1.54, 1.807) is 10.8 Å². The van der Waals surface area contributed by atoms with E-state index in [1.165, 1.54) is 36.0 Å². The number of β-amino-alcohol motifs (C(OH)–C–C–N with tert-alkyl or cyclic N) is 1. The Labute approximate surface area is 258 Å². The van der Waals surface area contributed by atoms with Gasteiger partial charge in [0.05, 0.1) is 17.2 Å². The first-order chi connectivity index (χ1) is 20.8. The SMILES string of the molecule is O=C(NS(=O)(=O)c1ccc(N[C@@H](CSc2ccccc2)C[C@@H]2CCCN2CCO)c(S(=O)(=O)C(F)(F)F)c1)c1ccccc1. The zero-order valence-corrected chi connectivity index (χ0v) is 25.9. The molecule has 1 aliphatic heterocycles. The molecule has 0 spiro atoms. The Morgan fingerprint density at radius 3 is 2.30 bits per heavy atom. The Hall–Kier alpha value is -3.11. The number of aliphatic hydroxyl groups is 1. The number of carbonyl (C=O) groups is 1. The van der Waals surface area contributed by atoms with E-state index in [2.05, 4.69) is 10.2 Å². The molecule has 0 unspecified atom stereocenters. The van der Waals surface area contributed by atoms with Gasteiger partial charge in [-0.1, -0.05) is 36.4 Å². The highest BCUT2D eigenvalue weighted by atomic mass is 32.2. The second-order valence-corrected chi connectivity index (χ2v) is 14.8. The van der Waals surface area contributed by atoms with Gasteiger partial charge in [0.1, 0.15) is 4.90 Å². The van der Waals surface area contributed by atoms with Gasteiger partial charge in [-0.25, -0.2) is 21.6 Å². The number of hydrogen-bond donors (Lipinski definition) is 3. The Balaban J connectivity index is 1.69. The molecule has 0 bridgehead atoms. The van der Waals surface area contributed by atoms with Gasteiger partial charge in [-0.2, -0.15) is 13.2 Å². The summed E-state index contributed by atoms with van der Waals surface area (Å²) in [5.41, 5.74) is -6.16. The molecule has 1 amide bonds. The third-order valence-electron chi connectivity index (χ3n) is 7.12. The molecule has 1 fully saturated rings. The number of anilines is 1. The van der Waals surface area contributed by atoms with Crippen LogP contribution in [-0.4, -0.2) is 75.8 Å². The summed E-state index contributed by atoms with van der Waals surface area (Å²) in [4.78, 5) is 13.4. The van der Waals surface area contributed by atoms with E-state index >= 15 is 0 Å². The number of sulfonamides is 1. The number of hydrogen-bond acceptors (Lipinski definition) is 9. The molecular formula is C29H32F3N3O6S3. The lowest BCUT2D eigenvalue weighted by atomic mass is 10.1. The lowest BCUT2D eigenvalue weighted by Crippen LogP contribution is -2.38. The highest BCUT2D eigenvalue weighted by Crippen LogP contribution is 2.37. The van der Waals surface area contributed by atoms with Crippen molar-refractivity contribution >= 4 is 43.2 Å². The zero-order valence-electron chi connectivity index (χ0n) is 23.4. The summed E-state index contributed by atoms with van der Waals surface area (Å²) in [6.45, 7) is 1.12. The quantitative estimate of drug-likeness (QED) is 0.225. The maximum Gasteiger partial charge on any atom is 0.501 e. The van der Waals surface area contributed by atoms with Crippen LogP contribution in [-0.2, 0) is 19.9 Å². The van der Waals surface area contributed by atoms with Crippen LogP contribution in [0.15, 0.2) is 93.5 Å². The highest BCUT2D eigenvalue weighted by molar-refractivity contribution is 7.99. The Bertz CT molecular complexity index is 1640. The molecule has 9 nitrogen and oxygen atoms in total. The number of nitrogens with zero attached hydrogens (tertiary/aromatic N) is 1. The molecule has 1 saturated heterocycles. The molecule has 15 heteroatoms. The molecule has 3 N–H and O–H groups in total. The summed E-state index contributed by atoms with van der Waals surface area (Å²) in [6, 6.07) is 18.4. The van der Waals surface area contributed by atoms with Crippen LogP contribution < -0.4 is 10.0 Å². The molecule has 1 heterocycles. The zero-order chi connectivity index (χ0) is 32.0. The third-order valence-corrected chi connectivity index (χ3v) is 11.1. The summed E-state index contributed by atoms with van der Waals surface area (Å²) in [5, 5.41) is 12.4. The van der Waals surface area contributed by atoms with Crippen molar-refractivity contribution in [1.29, 1.82) is 0 Å². The van der Waals surface area contributed by atoms with Crippen LogP contribution in [0.1, 0.15) is 29.6 Å². The molecule has 238 valence electrons. The van der Waals surface area contributed by atoms with Crippen molar-refractivity contribution in [2.75, 3.05) is 30.8 Å². The van der Waals surface area contributed by atoms with Crippen LogP contribution in [0.25, 0.3) is 0 Å². The number of thioether (sulfide) groups is 1. The van der Waals surface area contributed by atoms with Gasteiger partial charge in [0, 0.05) is 34.8 Å². The van der Waals surface area contributed by atoms with Crippen LogP contribution in [0.4, 0.5) is 18.9 Å². The fourth-order valence-electron chi connectivity index (χ4n) is 4.98. The van der Waals surface area contributed by atoms with E-state index in [1.807, 2.05) is 30.3 Å². The van der Waals surface area contributed by atoms with Crippen molar-refractivity contribution in [1.82, 2.24) is 9.62 Å². The summed E-state index contributed by atoms with van der Waals surface area (Å²) >= 11 is 1.43. The van der Waals surface area contributed by atoms with Crippen molar-refractivity contribution in [2.24, 2.45) is 0 Å². The maximum absolute atomic E-state index is 13.9. The molecule has 3 aromatic rings. The number of sulfone groups is 1. The molecule has 0 saturated carbocycles. The average molecular weight is 672 g/mol. The van der Waals surface area contributed by atoms with Crippen LogP contribution in [0, 0.1) is 0 Å². The molecule has 44 heavy (non-hydrogen) atoms. The number of rotatable bonds is 13. The van der Waals surface area contributed by atoms with Gasteiger partial charge in [0.25, 0.3) is 25.8 Å². The molecule has 3 aromatic carbocycles. The number of halogens is 3. The topological polar surface area (TPSA) is 133 Å². The number of alkyl halides is 3. The number of amides is 1. The van der Waals surface area contributed by atoms with Gasteiger partial charge in [0.2, 0.25) is 0 Å². The predicted molar refractivity (Wildman–Crippen MR) is 162 cm³/mol. The molecule has 0 aliphatic carbocycles. The lowest BCUT2D eigenvalue weighted by Gasteiger charge is -2.29. The van der Waals surface area contributed by atoms with E-state index in [0.717, 1.165) is 36.4 Å². The molecular weight excluding hydrogens is 640 g/mol. The highest BCUT2D eigenvalue weighted by Gasteiger charge is 2.48. The second-order valence-electron chi connectivity index (χ2n) is 10.2. The van der Waals surface area contributed by atoms with Gasteiger partial charge in [-0.3, -0.25) is 9.69 Å². The summed E-state index contributed by atoms with van der Waals surface area (Å²) in [6.07, 6.45) is 2.09. The van der Waals surface area contributed by atoms with Crippen LogP contribution in [0.5, 0.6) is 0 Å². The molecule has 0 radical (unpaired) electrons. The van der Waals surface area contributed by atoms with Crippen molar-refractivity contribution in [3.8, 4) is 0 Å². The van der Waals surface area contributed by atoms with E-state index in [0.29, 0.717) is 24.8 Å². The summed E-state index contributed by atoms with van der Waals surface area (Å²) in [7, 11) is -10.8. The van der Waals surface area contributed by atoms with E-state index < -0.39 is 52.8 Å². The number of likely N-dealkylation sites (tertiary alicyclic amines) is 1. The largest absolute Gasteiger partial charge is 0.501 e. The van der Waals surface area contributed by atoms with Crippen molar-refractivity contribution in [2.45, 2.75) is 51.5 Å². The molecule has 0 aromatic heterocycles. The first kappa shape index (κ1) is 33.8. The Kier molecular flexibility index (Phi) is 11.0. The fourth-order valence-corrected chi connectivity index (χ4v) is 7.97. The van der Waals surface area contributed by atoms with Crippen LogP contribution in [0.3, 0.4) is 0 Å². The first-order valence-corrected chi connectivity index (χ1v) is 17.6. The van der Waals surface area contributed by atoms with Gasteiger partial charge in [-0.05, 0) is 68.3 Å². The van der Waals surface area contributed by atoms with Gasteiger partial charge in [-0.15, -0.1) is 11.8 Å². The van der Waals surface area contributed by atoms with Gasteiger partial charge < -0.3 is 10.4 Å². The standard InChI is InChI=1S/C29H32F3N3O6S3/c30-29(31,32)43(38,39)27-19-25(44(40,41)34-28(37)21-8-3-1-4-9-21)13-14-26(27)33-22(20-42-24-11-5-2-6-12-24)18-23-10-7-15-35(23)16-17-36/h1-6,8-9,11-14,19,22-23,33,36H,7,10,15-18,20H2,(H,34,37)/t22-,23+/m1/s1. The fraction of sp³-hybridized carbons (Fsp3) is 0.345. The van der Waals surface area contributed by atoms with Crippen molar-refractivity contribution in [3.05, 3.63) is 84.4 Å². The molecule has 4 rings (SSSR count). The number of nitrogens with one attached hydrogen (secondary N) is 2. The normalized spacial score (nSPS) is 16.9. The van der Waals surface area contributed by atoms with E-state index in [9.17, 15) is 39.9 Å². The second kappa shape index (κ2) is 14.3. The van der Waals surface area contributed by atoms with Gasteiger partial charge >= 0.3 is 5.51 Å². The molecule has 2 atom stereocenters. The average Bonchev–Trinajstić information content (AvgIpc) is 3.42. The first-order valence-electron chi connectivity index (χ1n) is 13.7. The number of benzene rings is 3. The van der Waals surface area contributed by atoms with Crippen molar-refractivity contribution < 1.29 is 39.9 Å². The van der Waals surface area contributed by atoms with Crippen molar-refractivity contribution in [3.63, 3.8) is 0 Å². The van der Waals surface area contributed by atoms with Crippen LogP contribution in [0.2, 0.25) is 0 Å². The maximum atomic E-state index is 13.9. The number of carbonyl (C=O) groups excluding carboxylic acids is 1. The summed E-state index contributed by atoms with van der Waals surface area (Å²) < 4.78 is 94.9.